The third-order valence-corrected chi connectivity index (χ3v) is 6.83. The highest BCUT2D eigenvalue weighted by Gasteiger charge is 2.23. The second kappa shape index (κ2) is 10.2. The number of carbonyl (C=O) groups is 1. The zero-order chi connectivity index (χ0) is 22.5. The topological polar surface area (TPSA) is 46.3 Å². The lowest BCUT2D eigenvalue weighted by Gasteiger charge is -2.32. The van der Waals surface area contributed by atoms with E-state index in [0.29, 0.717) is 24.7 Å². The highest BCUT2D eigenvalue weighted by atomic mass is 16.4. The summed E-state index contributed by atoms with van der Waals surface area (Å²) in [5.41, 5.74) is 6.26. The Bertz CT molecular complexity index is 1040. The van der Waals surface area contributed by atoms with Crippen molar-refractivity contribution in [3.05, 3.63) is 76.8 Å². The fourth-order valence-corrected chi connectivity index (χ4v) is 4.42. The molecule has 0 saturated carbocycles. The van der Waals surface area contributed by atoms with Crippen molar-refractivity contribution in [3.8, 4) is 11.3 Å². The summed E-state index contributed by atoms with van der Waals surface area (Å²) in [5, 5.41) is 0. The molecule has 1 fully saturated rings. The summed E-state index contributed by atoms with van der Waals surface area (Å²) in [6.45, 7) is 8.07. The summed E-state index contributed by atoms with van der Waals surface area (Å²) < 4.78 is 5.92. The summed E-state index contributed by atoms with van der Waals surface area (Å²) in [4.78, 5) is 19.1. The molecule has 32 heavy (non-hydrogen) atoms. The van der Waals surface area contributed by atoms with E-state index < -0.39 is 0 Å². The van der Waals surface area contributed by atoms with E-state index in [1.54, 1.807) is 6.20 Å². The fraction of sp³-hybridized carbons (Fsp3) is 0.429. The van der Waals surface area contributed by atoms with E-state index in [0.717, 1.165) is 43.7 Å². The van der Waals surface area contributed by atoms with Crippen LogP contribution in [0.2, 0.25) is 0 Å². The average Bonchev–Trinajstić information content (AvgIpc) is 3.28. The smallest absolute Gasteiger partial charge is 0.223 e. The molecule has 1 amide bonds. The Morgan fingerprint density at radius 3 is 2.47 bits per heavy atom. The Labute approximate surface area is 191 Å². The Hall–Kier alpha value is -2.88. The number of carbonyl (C=O) groups excluding carboxylic acids is 1. The summed E-state index contributed by atoms with van der Waals surface area (Å²) in [6, 6.07) is 15.1. The van der Waals surface area contributed by atoms with Gasteiger partial charge in [0.2, 0.25) is 5.91 Å². The summed E-state index contributed by atoms with van der Waals surface area (Å²) in [5.74, 6) is 2.34. The Morgan fingerprint density at radius 1 is 1.00 bits per heavy atom. The number of hydrogen-bond donors (Lipinski definition) is 0. The minimum absolute atomic E-state index is 0.216. The van der Waals surface area contributed by atoms with Crippen LogP contribution in [0.5, 0.6) is 0 Å². The van der Waals surface area contributed by atoms with Crippen LogP contribution in [0.1, 0.15) is 53.8 Å². The third-order valence-electron chi connectivity index (χ3n) is 6.83. The minimum Gasteiger partial charge on any atom is -0.441 e. The zero-order valence-electron chi connectivity index (χ0n) is 19.6. The Kier molecular flexibility index (Phi) is 7.09. The van der Waals surface area contributed by atoms with Gasteiger partial charge in [-0.2, -0.15) is 0 Å². The fourth-order valence-electron chi connectivity index (χ4n) is 4.42. The summed E-state index contributed by atoms with van der Waals surface area (Å²) >= 11 is 0. The molecule has 0 atom stereocenters. The number of hydrogen-bond acceptors (Lipinski definition) is 3. The molecule has 0 N–H and O–H groups in total. The van der Waals surface area contributed by atoms with E-state index in [1.165, 1.54) is 28.7 Å². The number of likely N-dealkylation sites (tertiary alicyclic amines) is 1. The first-order chi connectivity index (χ1) is 15.5. The van der Waals surface area contributed by atoms with Crippen molar-refractivity contribution in [2.75, 3.05) is 13.1 Å². The molecule has 4 rings (SSSR count). The predicted octanol–water partition coefficient (Wildman–Crippen LogP) is 6.07. The molecule has 0 unspecified atom stereocenters. The number of amides is 1. The standard InChI is InChI=1S/C28H34N2O2/c1-20-4-7-23(8-5-20)9-10-24-14-16-30(17-15-24)28(31)13-12-27-29-19-26(32-27)25-11-6-21(2)22(3)18-25/h4-8,11,18-19,24H,9-10,12-17H2,1-3H3. The Morgan fingerprint density at radius 2 is 1.75 bits per heavy atom. The van der Waals surface area contributed by atoms with Gasteiger partial charge in [-0.3, -0.25) is 4.79 Å². The van der Waals surface area contributed by atoms with Gasteiger partial charge in [0, 0.05) is 31.5 Å². The number of piperidine rings is 1. The van der Waals surface area contributed by atoms with Gasteiger partial charge in [0.25, 0.3) is 0 Å². The maximum absolute atomic E-state index is 12.7. The van der Waals surface area contributed by atoms with Crippen molar-refractivity contribution in [1.29, 1.82) is 0 Å². The van der Waals surface area contributed by atoms with Gasteiger partial charge in [-0.25, -0.2) is 4.98 Å². The van der Waals surface area contributed by atoms with Gasteiger partial charge < -0.3 is 9.32 Å². The van der Waals surface area contributed by atoms with Crippen molar-refractivity contribution in [3.63, 3.8) is 0 Å². The van der Waals surface area contributed by atoms with Gasteiger partial charge in [0.15, 0.2) is 11.7 Å². The largest absolute Gasteiger partial charge is 0.441 e. The van der Waals surface area contributed by atoms with E-state index in [-0.39, 0.29) is 5.91 Å². The molecule has 2 aromatic carbocycles. The second-order valence-electron chi connectivity index (χ2n) is 9.27. The van der Waals surface area contributed by atoms with Crippen LogP contribution in [0.3, 0.4) is 0 Å². The molecular formula is C28H34N2O2. The molecular weight excluding hydrogens is 396 g/mol. The van der Waals surface area contributed by atoms with Crippen LogP contribution < -0.4 is 0 Å². The first-order valence-electron chi connectivity index (χ1n) is 11.8. The monoisotopic (exact) mass is 430 g/mol. The molecule has 0 radical (unpaired) electrons. The SMILES string of the molecule is Cc1ccc(CCC2CCN(C(=O)CCc3ncc(-c4ccc(C)c(C)c4)o3)CC2)cc1. The highest BCUT2D eigenvalue weighted by molar-refractivity contribution is 5.76. The van der Waals surface area contributed by atoms with E-state index in [2.05, 4.69) is 68.2 Å². The molecule has 0 bridgehead atoms. The number of aryl methyl sites for hydroxylation is 5. The van der Waals surface area contributed by atoms with Crippen LogP contribution in [0, 0.1) is 26.7 Å². The van der Waals surface area contributed by atoms with Crippen LogP contribution in [-0.2, 0) is 17.6 Å². The molecule has 4 heteroatoms. The molecule has 168 valence electrons. The number of oxazole rings is 1. The van der Waals surface area contributed by atoms with Gasteiger partial charge in [-0.15, -0.1) is 0 Å². The van der Waals surface area contributed by atoms with Crippen LogP contribution in [0.4, 0.5) is 0 Å². The van der Waals surface area contributed by atoms with Crippen LogP contribution >= 0.6 is 0 Å². The van der Waals surface area contributed by atoms with Crippen molar-refractivity contribution >= 4 is 5.91 Å². The van der Waals surface area contributed by atoms with Crippen molar-refractivity contribution in [2.45, 2.75) is 59.3 Å². The Balaban J connectivity index is 1.21. The summed E-state index contributed by atoms with van der Waals surface area (Å²) in [6.07, 6.45) is 7.33. The highest BCUT2D eigenvalue weighted by Crippen LogP contribution is 2.25. The number of aromatic nitrogens is 1. The first kappa shape index (κ1) is 22.3. The van der Waals surface area contributed by atoms with Crippen molar-refractivity contribution in [2.24, 2.45) is 5.92 Å². The molecule has 1 aliphatic heterocycles. The first-order valence-corrected chi connectivity index (χ1v) is 11.8. The molecule has 1 aliphatic rings. The van der Waals surface area contributed by atoms with Crippen molar-refractivity contribution in [1.82, 2.24) is 9.88 Å². The maximum atomic E-state index is 12.7. The van der Waals surface area contributed by atoms with Crippen LogP contribution in [0.15, 0.2) is 53.1 Å². The van der Waals surface area contributed by atoms with E-state index in [9.17, 15) is 4.79 Å². The van der Waals surface area contributed by atoms with E-state index in [4.69, 9.17) is 4.42 Å². The molecule has 2 heterocycles. The zero-order valence-corrected chi connectivity index (χ0v) is 19.6. The van der Waals surface area contributed by atoms with E-state index in [1.807, 2.05) is 4.90 Å². The van der Waals surface area contributed by atoms with Crippen LogP contribution in [-0.4, -0.2) is 28.9 Å². The van der Waals surface area contributed by atoms with Gasteiger partial charge in [0.05, 0.1) is 6.20 Å². The minimum atomic E-state index is 0.216. The lowest BCUT2D eigenvalue weighted by Crippen LogP contribution is -2.38. The normalized spacial score (nSPS) is 14.7. The predicted molar refractivity (Wildman–Crippen MR) is 129 cm³/mol. The van der Waals surface area contributed by atoms with Gasteiger partial charge in [-0.1, -0.05) is 42.0 Å². The number of benzene rings is 2. The van der Waals surface area contributed by atoms with Gasteiger partial charge in [-0.05, 0) is 75.1 Å². The average molecular weight is 431 g/mol. The van der Waals surface area contributed by atoms with Crippen molar-refractivity contribution < 1.29 is 9.21 Å². The number of rotatable bonds is 7. The number of nitrogens with zero attached hydrogens (tertiary/aromatic N) is 2. The van der Waals surface area contributed by atoms with E-state index >= 15 is 0 Å². The maximum Gasteiger partial charge on any atom is 0.223 e. The lowest BCUT2D eigenvalue weighted by atomic mass is 9.90. The third kappa shape index (κ3) is 5.67. The lowest BCUT2D eigenvalue weighted by molar-refractivity contribution is -0.132. The molecule has 4 nitrogen and oxygen atoms in total. The van der Waals surface area contributed by atoms with Gasteiger partial charge in [0.1, 0.15) is 0 Å². The second-order valence-corrected chi connectivity index (χ2v) is 9.27. The quantitative estimate of drug-likeness (QED) is 0.457. The summed E-state index contributed by atoms with van der Waals surface area (Å²) in [7, 11) is 0. The molecule has 1 saturated heterocycles. The molecule has 3 aromatic rings. The molecule has 1 aromatic heterocycles. The molecule has 0 spiro atoms. The van der Waals surface area contributed by atoms with Gasteiger partial charge >= 0.3 is 0 Å². The molecule has 0 aliphatic carbocycles. The van der Waals surface area contributed by atoms with Crippen LogP contribution in [0.25, 0.3) is 11.3 Å².